The number of ether oxygens (including phenoxy) is 1. The van der Waals surface area contributed by atoms with Gasteiger partial charge in [0.1, 0.15) is 11.4 Å². The predicted octanol–water partition coefficient (Wildman–Crippen LogP) is 4.12. The molecule has 0 aliphatic rings. The van der Waals surface area contributed by atoms with Crippen LogP contribution in [0.25, 0.3) is 0 Å². The minimum atomic E-state index is -0.528. The second-order valence-electron chi connectivity index (χ2n) is 7.51. The average Bonchev–Trinajstić information content (AvgIpc) is 2.65. The number of amides is 1. The monoisotopic (exact) mass is 380 g/mol. The maximum Gasteiger partial charge on any atom is 0.308 e. The van der Waals surface area contributed by atoms with Crippen LogP contribution in [-0.2, 0) is 16.1 Å². The predicted molar refractivity (Wildman–Crippen MR) is 110 cm³/mol. The van der Waals surface area contributed by atoms with Crippen LogP contribution in [-0.4, -0.2) is 28.9 Å². The van der Waals surface area contributed by atoms with Crippen LogP contribution >= 0.6 is 0 Å². The summed E-state index contributed by atoms with van der Waals surface area (Å²) < 4.78 is 5.39. The van der Waals surface area contributed by atoms with E-state index in [0.29, 0.717) is 24.5 Å². The molecule has 0 aliphatic heterocycles. The first kappa shape index (κ1) is 21.2. The maximum absolute atomic E-state index is 12.4. The molecule has 148 valence electrons. The van der Waals surface area contributed by atoms with Crippen molar-refractivity contribution in [2.45, 2.75) is 39.3 Å². The molecule has 0 aromatic heterocycles. The number of benzene rings is 2. The van der Waals surface area contributed by atoms with Crippen molar-refractivity contribution in [3.8, 4) is 0 Å². The Morgan fingerprint density at radius 1 is 1.00 bits per heavy atom. The molecule has 0 bridgehead atoms. The van der Waals surface area contributed by atoms with E-state index in [1.54, 1.807) is 12.1 Å². The Morgan fingerprint density at radius 2 is 1.57 bits per heavy atom. The molecule has 0 saturated heterocycles. The van der Waals surface area contributed by atoms with E-state index in [9.17, 15) is 9.59 Å². The zero-order chi connectivity index (χ0) is 20.6. The lowest BCUT2D eigenvalue weighted by Gasteiger charge is -2.27. The van der Waals surface area contributed by atoms with Crippen molar-refractivity contribution in [1.82, 2.24) is 10.2 Å². The molecule has 28 heavy (non-hydrogen) atoms. The van der Waals surface area contributed by atoms with Gasteiger partial charge < -0.3 is 15.0 Å². The topological polar surface area (TPSA) is 58.6 Å². The second-order valence-corrected chi connectivity index (χ2v) is 7.51. The number of rotatable bonds is 8. The quantitative estimate of drug-likeness (QED) is 0.700. The van der Waals surface area contributed by atoms with Crippen molar-refractivity contribution < 1.29 is 14.3 Å². The summed E-state index contributed by atoms with van der Waals surface area (Å²) in [7, 11) is 0. The summed E-state index contributed by atoms with van der Waals surface area (Å²) in [5, 5.41) is 2.83. The molecular weight excluding hydrogens is 352 g/mol. The maximum atomic E-state index is 12.4. The molecule has 0 unspecified atom stereocenters. The molecule has 1 amide bonds. The van der Waals surface area contributed by atoms with Gasteiger partial charge >= 0.3 is 5.97 Å². The molecule has 2 rings (SSSR count). The lowest BCUT2D eigenvalue weighted by molar-refractivity contribution is -0.155. The largest absolute Gasteiger partial charge is 0.460 e. The third-order valence-electron chi connectivity index (χ3n) is 3.90. The van der Waals surface area contributed by atoms with Crippen molar-refractivity contribution in [3.63, 3.8) is 0 Å². The number of hydrogen-bond donors (Lipinski definition) is 1. The highest BCUT2D eigenvalue weighted by atomic mass is 16.6. The van der Waals surface area contributed by atoms with Crippen LogP contribution < -0.4 is 5.32 Å². The summed E-state index contributed by atoms with van der Waals surface area (Å²) in [6.45, 7) is 10.4. The molecule has 0 radical (unpaired) electrons. The summed E-state index contributed by atoms with van der Waals surface area (Å²) >= 11 is 0. The van der Waals surface area contributed by atoms with Gasteiger partial charge in [0.2, 0.25) is 0 Å². The molecule has 1 N–H and O–H groups in total. The number of nitrogens with zero attached hydrogens (tertiary/aromatic N) is 1. The van der Waals surface area contributed by atoms with E-state index < -0.39 is 5.60 Å². The Labute approximate surface area is 167 Å². The fourth-order valence-electron chi connectivity index (χ4n) is 2.60. The number of carbonyl (C=O) groups is 2. The Balaban J connectivity index is 2.05. The highest BCUT2D eigenvalue weighted by Gasteiger charge is 2.19. The van der Waals surface area contributed by atoms with E-state index >= 15 is 0 Å². The zero-order valence-electron chi connectivity index (χ0n) is 16.8. The van der Waals surface area contributed by atoms with E-state index in [4.69, 9.17) is 4.74 Å². The molecule has 2 aromatic carbocycles. The molecular formula is C23H28N2O3. The third-order valence-corrected chi connectivity index (χ3v) is 3.90. The summed E-state index contributed by atoms with van der Waals surface area (Å²) in [4.78, 5) is 26.4. The van der Waals surface area contributed by atoms with Gasteiger partial charge in [-0.3, -0.25) is 9.59 Å². The summed E-state index contributed by atoms with van der Waals surface area (Å²) in [5.74, 6) is -0.0741. The van der Waals surface area contributed by atoms with Gasteiger partial charge in [0, 0.05) is 18.7 Å². The number of esters is 1. The number of hydrogen-bond acceptors (Lipinski definition) is 4. The minimum Gasteiger partial charge on any atom is -0.460 e. The van der Waals surface area contributed by atoms with Crippen LogP contribution in [0.1, 0.15) is 43.1 Å². The van der Waals surface area contributed by atoms with Gasteiger partial charge in [0.05, 0.1) is 6.42 Å². The normalized spacial score (nSPS) is 10.8. The van der Waals surface area contributed by atoms with Crippen LogP contribution in [0.3, 0.4) is 0 Å². The lowest BCUT2D eigenvalue weighted by Crippen LogP contribution is -2.36. The Morgan fingerprint density at radius 3 is 2.14 bits per heavy atom. The fourth-order valence-corrected chi connectivity index (χ4v) is 2.60. The zero-order valence-corrected chi connectivity index (χ0v) is 16.8. The van der Waals surface area contributed by atoms with Gasteiger partial charge in [0.25, 0.3) is 5.91 Å². The van der Waals surface area contributed by atoms with Crippen molar-refractivity contribution in [2.75, 3.05) is 6.54 Å². The summed E-state index contributed by atoms with van der Waals surface area (Å²) in [6.07, 6.45) is 0.199. The van der Waals surface area contributed by atoms with Crippen LogP contribution in [0.2, 0.25) is 0 Å². The van der Waals surface area contributed by atoms with Gasteiger partial charge in [0.15, 0.2) is 0 Å². The van der Waals surface area contributed by atoms with Gasteiger partial charge in [-0.25, -0.2) is 0 Å². The van der Waals surface area contributed by atoms with Gasteiger partial charge in [-0.1, -0.05) is 55.1 Å². The smallest absolute Gasteiger partial charge is 0.308 e. The number of carbonyl (C=O) groups excluding carboxylic acids is 2. The van der Waals surface area contributed by atoms with Crippen molar-refractivity contribution in [1.29, 1.82) is 0 Å². The Bertz CT molecular complexity index is 796. The standard InChI is InChI=1S/C23H28N2O3/c1-18(24-22(27)20-13-9-6-10-14-20)25(17-19-11-7-5-8-12-19)16-15-21(26)28-23(2,3)4/h5-14H,1,15-17H2,2-4H3,(H,24,27). The minimum absolute atomic E-state index is 0.199. The first-order valence-corrected chi connectivity index (χ1v) is 9.30. The Kier molecular flexibility index (Phi) is 7.38. The third kappa shape index (κ3) is 7.27. The van der Waals surface area contributed by atoms with Crippen LogP contribution in [0, 0.1) is 0 Å². The highest BCUT2D eigenvalue weighted by molar-refractivity contribution is 5.95. The first-order valence-electron chi connectivity index (χ1n) is 9.30. The van der Waals surface area contributed by atoms with Gasteiger partial charge in [-0.15, -0.1) is 0 Å². The molecule has 0 saturated carbocycles. The average molecular weight is 380 g/mol. The molecule has 0 spiro atoms. The molecule has 5 nitrogen and oxygen atoms in total. The van der Waals surface area contributed by atoms with Crippen molar-refractivity contribution in [3.05, 3.63) is 84.2 Å². The molecule has 0 atom stereocenters. The van der Waals surface area contributed by atoms with E-state index in [0.717, 1.165) is 5.56 Å². The van der Waals surface area contributed by atoms with Crippen molar-refractivity contribution >= 4 is 11.9 Å². The molecule has 0 heterocycles. The van der Waals surface area contributed by atoms with E-state index in [2.05, 4.69) is 11.9 Å². The first-order chi connectivity index (χ1) is 13.2. The highest BCUT2D eigenvalue weighted by Crippen LogP contribution is 2.13. The van der Waals surface area contributed by atoms with Crippen LogP contribution in [0.4, 0.5) is 0 Å². The molecule has 2 aromatic rings. The molecule has 0 aliphatic carbocycles. The molecule has 5 heteroatoms. The number of nitrogens with one attached hydrogen (secondary N) is 1. The Hall–Kier alpha value is -3.08. The summed E-state index contributed by atoms with van der Waals surface area (Å²) in [5.41, 5.74) is 1.08. The van der Waals surface area contributed by atoms with Crippen LogP contribution in [0.5, 0.6) is 0 Å². The fraction of sp³-hybridized carbons (Fsp3) is 0.304. The SMILES string of the molecule is C=C(NC(=O)c1ccccc1)N(CCC(=O)OC(C)(C)C)Cc1ccccc1. The van der Waals surface area contributed by atoms with E-state index in [1.165, 1.54) is 0 Å². The van der Waals surface area contributed by atoms with E-state index in [1.807, 2.05) is 74.2 Å². The second kappa shape index (κ2) is 9.74. The van der Waals surface area contributed by atoms with E-state index in [-0.39, 0.29) is 18.3 Å². The van der Waals surface area contributed by atoms with Crippen LogP contribution in [0.15, 0.2) is 73.1 Å². The van der Waals surface area contributed by atoms with Crippen molar-refractivity contribution in [2.24, 2.45) is 0 Å². The lowest BCUT2D eigenvalue weighted by atomic mass is 10.2. The van der Waals surface area contributed by atoms with Gasteiger partial charge in [-0.05, 0) is 38.5 Å². The van der Waals surface area contributed by atoms with Gasteiger partial charge in [-0.2, -0.15) is 0 Å². The molecule has 0 fully saturated rings. The summed E-state index contributed by atoms with van der Waals surface area (Å²) in [6, 6.07) is 18.8.